The van der Waals surface area contributed by atoms with E-state index >= 15 is 0 Å². The van der Waals surface area contributed by atoms with Gasteiger partial charge in [0, 0.05) is 11.8 Å². The van der Waals surface area contributed by atoms with Crippen LogP contribution in [0.2, 0.25) is 0 Å². The number of urea groups is 1. The third-order valence-electron chi connectivity index (χ3n) is 5.80. The lowest BCUT2D eigenvalue weighted by atomic mass is 9.73. The van der Waals surface area contributed by atoms with Crippen LogP contribution in [0.5, 0.6) is 5.75 Å². The summed E-state index contributed by atoms with van der Waals surface area (Å²) in [6, 6.07) is 6.15. The Morgan fingerprint density at radius 2 is 2.10 bits per heavy atom. The van der Waals surface area contributed by atoms with Gasteiger partial charge in [-0.05, 0) is 37.8 Å². The van der Waals surface area contributed by atoms with Crippen LogP contribution < -0.4 is 15.4 Å². The van der Waals surface area contributed by atoms with E-state index < -0.39 is 42.0 Å². The van der Waals surface area contributed by atoms with Crippen molar-refractivity contribution < 1.29 is 28.7 Å². The molecule has 2 aliphatic rings. The summed E-state index contributed by atoms with van der Waals surface area (Å²) in [5.41, 5.74) is -0.449. The van der Waals surface area contributed by atoms with E-state index in [-0.39, 0.29) is 5.92 Å². The summed E-state index contributed by atoms with van der Waals surface area (Å²) in [6.45, 7) is 2.82. The van der Waals surface area contributed by atoms with Crippen LogP contribution in [0.25, 0.3) is 0 Å². The zero-order valence-corrected chi connectivity index (χ0v) is 17.4. The second-order valence-corrected chi connectivity index (χ2v) is 7.79. The van der Waals surface area contributed by atoms with Crippen molar-refractivity contribution in [2.24, 2.45) is 5.92 Å². The second-order valence-electron chi connectivity index (χ2n) is 7.79. The number of amides is 4. The van der Waals surface area contributed by atoms with Gasteiger partial charge in [0.05, 0.1) is 7.11 Å². The molecule has 30 heavy (non-hydrogen) atoms. The molecule has 2 fully saturated rings. The van der Waals surface area contributed by atoms with Crippen molar-refractivity contribution in [2.75, 3.05) is 19.0 Å². The molecule has 3 rings (SSSR count). The van der Waals surface area contributed by atoms with Gasteiger partial charge in [0.25, 0.3) is 11.8 Å². The quantitative estimate of drug-likeness (QED) is 0.541. The van der Waals surface area contributed by atoms with Crippen molar-refractivity contribution in [1.82, 2.24) is 10.2 Å². The Morgan fingerprint density at radius 1 is 1.33 bits per heavy atom. The zero-order chi connectivity index (χ0) is 21.9. The highest BCUT2D eigenvalue weighted by Gasteiger charge is 2.55. The fraction of sp³-hybridized carbons (Fsp3) is 0.524. The molecular formula is C21H27N3O6. The normalized spacial score (nSPS) is 24.4. The van der Waals surface area contributed by atoms with Crippen LogP contribution in [0.4, 0.5) is 10.5 Å². The summed E-state index contributed by atoms with van der Waals surface area (Å²) < 4.78 is 10.2. The third kappa shape index (κ3) is 4.24. The van der Waals surface area contributed by atoms with Gasteiger partial charge in [-0.1, -0.05) is 25.8 Å². The predicted molar refractivity (Wildman–Crippen MR) is 108 cm³/mol. The summed E-state index contributed by atoms with van der Waals surface area (Å²) >= 11 is 0. The van der Waals surface area contributed by atoms with Crippen LogP contribution in [0.15, 0.2) is 24.3 Å². The van der Waals surface area contributed by atoms with Crippen molar-refractivity contribution in [3.8, 4) is 5.75 Å². The van der Waals surface area contributed by atoms with Gasteiger partial charge >= 0.3 is 12.0 Å². The smallest absolute Gasteiger partial charge is 0.327 e. The fourth-order valence-electron chi connectivity index (χ4n) is 4.00. The standard InChI is InChI=1S/C21H27N3O6/c1-13-7-4-5-10-21(13)19(27)24(20(28)23-21)12-17(25)30-14(2)18(26)22-15-8-6-9-16(11-15)29-3/h6,8-9,11,13-14H,4-5,7,10,12H2,1-3H3,(H,22,26)(H,23,28)/t13-,14-,21+/m0/s1. The molecule has 0 bridgehead atoms. The summed E-state index contributed by atoms with van der Waals surface area (Å²) in [5.74, 6) is -1.19. The number of hydrogen-bond donors (Lipinski definition) is 2. The molecule has 1 saturated heterocycles. The topological polar surface area (TPSA) is 114 Å². The Bertz CT molecular complexity index is 857. The maximum atomic E-state index is 12.9. The molecule has 1 spiro atoms. The number of esters is 1. The predicted octanol–water partition coefficient (Wildman–Crippen LogP) is 2.07. The van der Waals surface area contributed by atoms with Gasteiger partial charge in [0.2, 0.25) is 0 Å². The molecule has 1 heterocycles. The van der Waals surface area contributed by atoms with Gasteiger partial charge in [0.15, 0.2) is 6.10 Å². The van der Waals surface area contributed by atoms with E-state index in [0.29, 0.717) is 17.9 Å². The number of nitrogens with zero attached hydrogens (tertiary/aromatic N) is 1. The number of methoxy groups -OCH3 is 1. The molecule has 0 unspecified atom stereocenters. The average Bonchev–Trinajstić information content (AvgIpc) is 2.95. The lowest BCUT2D eigenvalue weighted by molar-refractivity contribution is -0.155. The Labute approximate surface area is 175 Å². The molecule has 1 saturated carbocycles. The second kappa shape index (κ2) is 8.73. The first kappa shape index (κ1) is 21.6. The Kier molecular flexibility index (Phi) is 6.28. The molecule has 0 aromatic heterocycles. The molecular weight excluding hydrogens is 390 g/mol. The number of anilines is 1. The molecule has 9 heteroatoms. The minimum atomic E-state index is -1.10. The number of benzene rings is 1. The van der Waals surface area contributed by atoms with Gasteiger partial charge < -0.3 is 20.1 Å². The van der Waals surface area contributed by atoms with Crippen LogP contribution >= 0.6 is 0 Å². The number of imide groups is 1. The first-order valence-electron chi connectivity index (χ1n) is 10.1. The van der Waals surface area contributed by atoms with Crippen LogP contribution in [0, 0.1) is 5.92 Å². The van der Waals surface area contributed by atoms with Gasteiger partial charge in [-0.25, -0.2) is 4.79 Å². The molecule has 1 aliphatic carbocycles. The molecule has 3 atom stereocenters. The summed E-state index contributed by atoms with van der Waals surface area (Å²) in [4.78, 5) is 50.8. The molecule has 162 valence electrons. The molecule has 1 aromatic rings. The van der Waals surface area contributed by atoms with E-state index in [1.807, 2.05) is 6.92 Å². The Morgan fingerprint density at radius 3 is 2.80 bits per heavy atom. The molecule has 4 amide bonds. The van der Waals surface area contributed by atoms with Crippen LogP contribution in [0.3, 0.4) is 0 Å². The zero-order valence-electron chi connectivity index (χ0n) is 17.4. The highest BCUT2D eigenvalue weighted by molar-refractivity contribution is 6.09. The van der Waals surface area contributed by atoms with Crippen molar-refractivity contribution >= 4 is 29.5 Å². The van der Waals surface area contributed by atoms with E-state index in [4.69, 9.17) is 9.47 Å². The van der Waals surface area contributed by atoms with Crippen LogP contribution in [0.1, 0.15) is 39.5 Å². The van der Waals surface area contributed by atoms with E-state index in [0.717, 1.165) is 24.2 Å². The van der Waals surface area contributed by atoms with E-state index in [9.17, 15) is 19.2 Å². The maximum absolute atomic E-state index is 12.9. The average molecular weight is 417 g/mol. The van der Waals surface area contributed by atoms with Crippen LogP contribution in [-0.4, -0.2) is 54.0 Å². The monoisotopic (exact) mass is 417 g/mol. The highest BCUT2D eigenvalue weighted by atomic mass is 16.5. The number of rotatable bonds is 6. The molecule has 2 N–H and O–H groups in total. The number of carbonyl (C=O) groups excluding carboxylic acids is 4. The Balaban J connectivity index is 1.57. The Hall–Kier alpha value is -3.10. The van der Waals surface area contributed by atoms with Crippen molar-refractivity contribution in [3.05, 3.63) is 24.3 Å². The molecule has 9 nitrogen and oxygen atoms in total. The van der Waals surface area contributed by atoms with Crippen LogP contribution in [-0.2, 0) is 19.1 Å². The molecule has 1 aliphatic heterocycles. The molecule has 0 radical (unpaired) electrons. The van der Waals surface area contributed by atoms with E-state index in [2.05, 4.69) is 10.6 Å². The summed E-state index contributed by atoms with van der Waals surface area (Å²) in [5, 5.41) is 5.41. The minimum absolute atomic E-state index is 0.00344. The first-order valence-corrected chi connectivity index (χ1v) is 10.1. The van der Waals surface area contributed by atoms with Gasteiger partial charge in [-0.15, -0.1) is 0 Å². The maximum Gasteiger partial charge on any atom is 0.327 e. The SMILES string of the molecule is COc1cccc(NC(=O)[C@H](C)OC(=O)CN2C(=O)N[C@@]3(CCCC[C@@H]3C)C2=O)c1. The molecule has 1 aromatic carbocycles. The van der Waals surface area contributed by atoms with Crippen molar-refractivity contribution in [2.45, 2.75) is 51.2 Å². The number of nitrogens with one attached hydrogen (secondary N) is 2. The van der Waals surface area contributed by atoms with Gasteiger partial charge in [-0.3, -0.25) is 19.3 Å². The first-order chi connectivity index (χ1) is 14.3. The minimum Gasteiger partial charge on any atom is -0.497 e. The largest absolute Gasteiger partial charge is 0.497 e. The van der Waals surface area contributed by atoms with Gasteiger partial charge in [-0.2, -0.15) is 0 Å². The number of hydrogen-bond acceptors (Lipinski definition) is 6. The fourth-order valence-corrected chi connectivity index (χ4v) is 4.00. The van der Waals surface area contributed by atoms with E-state index in [1.165, 1.54) is 14.0 Å². The summed E-state index contributed by atoms with van der Waals surface area (Å²) in [7, 11) is 1.51. The summed E-state index contributed by atoms with van der Waals surface area (Å²) in [6.07, 6.45) is 2.14. The van der Waals surface area contributed by atoms with Crippen molar-refractivity contribution in [3.63, 3.8) is 0 Å². The van der Waals surface area contributed by atoms with Crippen molar-refractivity contribution in [1.29, 1.82) is 0 Å². The van der Waals surface area contributed by atoms with E-state index in [1.54, 1.807) is 24.3 Å². The van der Waals surface area contributed by atoms with Gasteiger partial charge in [0.1, 0.15) is 17.8 Å². The highest BCUT2D eigenvalue weighted by Crippen LogP contribution is 2.38. The third-order valence-corrected chi connectivity index (χ3v) is 5.80. The lowest BCUT2D eigenvalue weighted by Crippen LogP contribution is -2.54. The number of ether oxygens (including phenoxy) is 2. The lowest BCUT2D eigenvalue weighted by Gasteiger charge is -2.36. The number of carbonyl (C=O) groups is 4.